The average Bonchev–Trinajstić information content (AvgIpc) is 2.79. The summed E-state index contributed by atoms with van der Waals surface area (Å²) in [6, 6.07) is 1.40. The van der Waals surface area contributed by atoms with Gasteiger partial charge in [0.1, 0.15) is 10.7 Å². The van der Waals surface area contributed by atoms with Crippen molar-refractivity contribution < 1.29 is 22.7 Å². The second kappa shape index (κ2) is 12.1. The van der Waals surface area contributed by atoms with E-state index in [0.29, 0.717) is 32.8 Å². The van der Waals surface area contributed by atoms with Gasteiger partial charge in [0.15, 0.2) is 0 Å². The van der Waals surface area contributed by atoms with Gasteiger partial charge in [0.25, 0.3) is 0 Å². The number of morpholine rings is 1. The second-order valence-electron chi connectivity index (χ2n) is 7.80. The van der Waals surface area contributed by atoms with E-state index >= 15 is 0 Å². The predicted octanol–water partition coefficient (Wildman–Crippen LogP) is 2.00. The molecule has 0 radical (unpaired) electrons. The molecule has 1 atom stereocenters. The van der Waals surface area contributed by atoms with Gasteiger partial charge in [-0.3, -0.25) is 4.90 Å². The number of hydrogen-bond donors (Lipinski definition) is 1. The first-order valence-electron chi connectivity index (χ1n) is 10.6. The molecule has 0 amide bonds. The minimum absolute atomic E-state index is 0.0520. The Morgan fingerprint density at radius 2 is 1.94 bits per heavy atom. The Morgan fingerprint density at radius 1 is 1.31 bits per heavy atom. The largest absolute Gasteiger partial charge is 0.465 e. The van der Waals surface area contributed by atoms with E-state index in [1.54, 1.807) is 0 Å². The van der Waals surface area contributed by atoms with Crippen molar-refractivity contribution in [3.8, 4) is 0 Å². The van der Waals surface area contributed by atoms with Crippen LogP contribution in [0.25, 0.3) is 0 Å². The number of nitrogens with zero attached hydrogens (tertiary/aromatic N) is 3. The first kappa shape index (κ1) is 26.0. The summed E-state index contributed by atoms with van der Waals surface area (Å²) in [6.07, 6.45) is 4.98. The van der Waals surface area contributed by atoms with Crippen LogP contribution in [-0.2, 0) is 19.5 Å². The molecule has 10 heteroatoms. The maximum atomic E-state index is 13.4. The Morgan fingerprint density at radius 3 is 2.47 bits per heavy atom. The van der Waals surface area contributed by atoms with Crippen LogP contribution in [0.5, 0.6) is 0 Å². The smallest absolute Gasteiger partial charge is 0.339 e. The number of ether oxygens (including phenoxy) is 2. The summed E-state index contributed by atoms with van der Waals surface area (Å²) in [7, 11) is -2.65. The zero-order valence-corrected chi connectivity index (χ0v) is 19.9. The van der Waals surface area contributed by atoms with Crippen molar-refractivity contribution in [2.75, 3.05) is 58.4 Å². The molecule has 1 unspecified atom stereocenters. The van der Waals surface area contributed by atoms with Crippen molar-refractivity contribution in [2.24, 2.45) is 5.92 Å². The molecule has 0 aromatic carbocycles. The van der Waals surface area contributed by atoms with Crippen LogP contribution in [0.2, 0.25) is 0 Å². The third-order valence-corrected chi connectivity index (χ3v) is 7.22. The fraction of sp³-hybridized carbons (Fsp3) is 0.545. The van der Waals surface area contributed by atoms with Crippen LogP contribution in [0, 0.1) is 5.92 Å². The van der Waals surface area contributed by atoms with Gasteiger partial charge in [-0.15, -0.1) is 13.2 Å². The minimum atomic E-state index is -3.89. The molecule has 1 N–H and O–H groups in total. The van der Waals surface area contributed by atoms with Crippen molar-refractivity contribution in [3.63, 3.8) is 0 Å². The number of carbonyl (C=O) groups is 1. The standard InChI is InChI=1S/C22H34N4O5S/c1-6-8-25(9-7-2)19(17(3)4)16-24-21-20(14-18(15-23-21)22(27)30-5)32(28,29)26-10-12-31-13-11-26/h6-7,14-15,17,19H,1-2,8-13,16H2,3-5H3,(H,23,24). The quantitative estimate of drug-likeness (QED) is 0.369. The van der Waals surface area contributed by atoms with E-state index in [1.165, 1.54) is 23.7 Å². The highest BCUT2D eigenvalue weighted by atomic mass is 32.2. The molecule has 0 saturated carbocycles. The van der Waals surface area contributed by atoms with Gasteiger partial charge in [-0.2, -0.15) is 4.31 Å². The summed E-state index contributed by atoms with van der Waals surface area (Å²) < 4.78 is 38.2. The molecule has 0 aliphatic carbocycles. The van der Waals surface area contributed by atoms with Gasteiger partial charge in [-0.25, -0.2) is 18.2 Å². The Labute approximate surface area is 191 Å². The van der Waals surface area contributed by atoms with Crippen molar-refractivity contribution in [2.45, 2.75) is 24.8 Å². The lowest BCUT2D eigenvalue weighted by molar-refractivity contribution is 0.0600. The van der Waals surface area contributed by atoms with E-state index in [0.717, 1.165) is 0 Å². The van der Waals surface area contributed by atoms with E-state index in [4.69, 9.17) is 9.47 Å². The fourth-order valence-corrected chi connectivity index (χ4v) is 5.15. The highest BCUT2D eigenvalue weighted by Crippen LogP contribution is 2.26. The first-order valence-corrected chi connectivity index (χ1v) is 12.1. The number of aromatic nitrogens is 1. The topological polar surface area (TPSA) is 101 Å². The van der Waals surface area contributed by atoms with Crippen LogP contribution in [0.1, 0.15) is 24.2 Å². The second-order valence-corrected chi connectivity index (χ2v) is 9.71. The molecule has 0 bridgehead atoms. The molecule has 2 heterocycles. The van der Waals surface area contributed by atoms with Crippen molar-refractivity contribution in [1.29, 1.82) is 0 Å². The van der Waals surface area contributed by atoms with Crippen LogP contribution in [0.15, 0.2) is 42.5 Å². The average molecular weight is 467 g/mol. The molecule has 178 valence electrons. The van der Waals surface area contributed by atoms with E-state index < -0.39 is 16.0 Å². The number of nitrogens with one attached hydrogen (secondary N) is 1. The Kier molecular flexibility index (Phi) is 9.83. The lowest BCUT2D eigenvalue weighted by atomic mass is 10.0. The zero-order chi connectivity index (χ0) is 23.7. The van der Waals surface area contributed by atoms with Crippen molar-refractivity contribution in [1.82, 2.24) is 14.2 Å². The van der Waals surface area contributed by atoms with Gasteiger partial charge >= 0.3 is 5.97 Å². The maximum Gasteiger partial charge on any atom is 0.339 e. The summed E-state index contributed by atoms with van der Waals surface area (Å²) in [4.78, 5) is 18.5. The molecule has 32 heavy (non-hydrogen) atoms. The van der Waals surface area contributed by atoms with Crippen molar-refractivity contribution in [3.05, 3.63) is 43.1 Å². The zero-order valence-electron chi connectivity index (χ0n) is 19.1. The monoisotopic (exact) mass is 466 g/mol. The fourth-order valence-electron chi connectivity index (χ4n) is 3.59. The van der Waals surface area contributed by atoms with Gasteiger partial charge in [0.2, 0.25) is 10.0 Å². The van der Waals surface area contributed by atoms with Gasteiger partial charge in [0.05, 0.1) is 25.9 Å². The Balaban J connectivity index is 2.40. The molecule has 1 aliphatic rings. The number of sulfonamides is 1. The number of esters is 1. The molecule has 1 aliphatic heterocycles. The molecule has 2 rings (SSSR count). The van der Waals surface area contributed by atoms with Gasteiger partial charge in [0, 0.05) is 45.0 Å². The molecule has 1 fully saturated rings. The minimum Gasteiger partial charge on any atom is -0.465 e. The number of anilines is 1. The molecule has 1 saturated heterocycles. The van der Waals surface area contributed by atoms with Crippen LogP contribution >= 0.6 is 0 Å². The van der Waals surface area contributed by atoms with Gasteiger partial charge in [-0.05, 0) is 12.0 Å². The predicted molar refractivity (Wildman–Crippen MR) is 124 cm³/mol. The normalized spacial score (nSPS) is 16.0. The van der Waals surface area contributed by atoms with E-state index in [2.05, 4.69) is 42.2 Å². The highest BCUT2D eigenvalue weighted by Gasteiger charge is 2.31. The van der Waals surface area contributed by atoms with Crippen molar-refractivity contribution >= 4 is 21.8 Å². The Hall–Kier alpha value is -2.27. The summed E-state index contributed by atoms with van der Waals surface area (Å²) in [5.41, 5.74) is 0.0743. The van der Waals surface area contributed by atoms with Gasteiger partial charge < -0.3 is 14.8 Å². The molecular weight excluding hydrogens is 432 g/mol. The molecule has 0 spiro atoms. The summed E-state index contributed by atoms with van der Waals surface area (Å²) in [5, 5.41) is 3.21. The van der Waals surface area contributed by atoms with E-state index in [9.17, 15) is 13.2 Å². The number of rotatable bonds is 12. The molecule has 9 nitrogen and oxygen atoms in total. The summed E-state index contributed by atoms with van der Waals surface area (Å²) >= 11 is 0. The Bertz CT molecular complexity index is 888. The maximum absolute atomic E-state index is 13.4. The van der Waals surface area contributed by atoms with Crippen LogP contribution < -0.4 is 5.32 Å². The van der Waals surface area contributed by atoms with Crippen LogP contribution in [0.4, 0.5) is 5.82 Å². The third-order valence-electron chi connectivity index (χ3n) is 5.31. The lowest BCUT2D eigenvalue weighted by Gasteiger charge is -2.33. The van der Waals surface area contributed by atoms with Crippen LogP contribution in [0.3, 0.4) is 0 Å². The lowest BCUT2D eigenvalue weighted by Crippen LogP contribution is -2.44. The molecule has 1 aromatic heterocycles. The third kappa shape index (κ3) is 6.38. The summed E-state index contributed by atoms with van der Waals surface area (Å²) in [5.74, 6) is -0.173. The first-order chi connectivity index (χ1) is 15.3. The van der Waals surface area contributed by atoms with E-state index in [1.807, 2.05) is 12.2 Å². The number of hydrogen-bond acceptors (Lipinski definition) is 8. The highest BCUT2D eigenvalue weighted by molar-refractivity contribution is 7.89. The summed E-state index contributed by atoms with van der Waals surface area (Å²) in [6.45, 7) is 14.8. The van der Waals surface area contributed by atoms with E-state index in [-0.39, 0.29) is 41.3 Å². The number of carbonyl (C=O) groups excluding carboxylic acids is 1. The number of methoxy groups -OCH3 is 1. The molecular formula is C22H34N4O5S. The number of pyridine rings is 1. The molecule has 1 aromatic rings. The van der Waals surface area contributed by atoms with Crippen LogP contribution in [-0.4, -0.2) is 87.7 Å². The van der Waals surface area contributed by atoms with Gasteiger partial charge in [-0.1, -0.05) is 26.0 Å². The SMILES string of the molecule is C=CCN(CC=C)C(CNc1ncc(C(=O)OC)cc1S(=O)(=O)N1CCOCC1)C(C)C.